The second kappa shape index (κ2) is 5.75. The molecular formula is C15H13ClN2O4S. The van der Waals surface area contributed by atoms with Gasteiger partial charge in [0.2, 0.25) is 0 Å². The molecule has 2 aromatic rings. The number of carbonyl (C=O) groups excluding carboxylic acids is 1. The van der Waals surface area contributed by atoms with Gasteiger partial charge < -0.3 is 10.1 Å². The lowest BCUT2D eigenvalue weighted by atomic mass is 10.2. The second-order valence-electron chi connectivity index (χ2n) is 5.09. The third-order valence-electron chi connectivity index (χ3n) is 3.24. The molecule has 2 aromatic carbocycles. The number of hydrogen-bond donors (Lipinski definition) is 2. The Hall–Kier alpha value is -2.25. The van der Waals surface area contributed by atoms with Crippen LogP contribution in [0.5, 0.6) is 5.75 Å². The van der Waals surface area contributed by atoms with E-state index < -0.39 is 10.0 Å². The van der Waals surface area contributed by atoms with E-state index in [9.17, 15) is 13.2 Å². The number of amides is 1. The molecule has 1 heterocycles. The van der Waals surface area contributed by atoms with Crippen molar-refractivity contribution in [2.45, 2.75) is 11.8 Å². The zero-order valence-electron chi connectivity index (χ0n) is 12.1. The minimum absolute atomic E-state index is 0.0113. The van der Waals surface area contributed by atoms with Crippen molar-refractivity contribution in [1.82, 2.24) is 0 Å². The predicted octanol–water partition coefficient (Wildman–Crippen LogP) is 2.78. The molecular weight excluding hydrogens is 340 g/mol. The lowest BCUT2D eigenvalue weighted by Gasteiger charge is -2.19. The van der Waals surface area contributed by atoms with Crippen molar-refractivity contribution >= 4 is 38.9 Å². The maximum absolute atomic E-state index is 12.5. The Morgan fingerprint density at radius 3 is 2.74 bits per heavy atom. The van der Waals surface area contributed by atoms with E-state index in [-0.39, 0.29) is 22.4 Å². The van der Waals surface area contributed by atoms with Crippen LogP contribution in [0.15, 0.2) is 41.3 Å². The monoisotopic (exact) mass is 352 g/mol. The average molecular weight is 353 g/mol. The predicted molar refractivity (Wildman–Crippen MR) is 87.6 cm³/mol. The summed E-state index contributed by atoms with van der Waals surface area (Å²) in [6, 6.07) is 9.33. The Balaban J connectivity index is 1.92. The number of halogens is 1. The van der Waals surface area contributed by atoms with E-state index in [1.54, 1.807) is 24.3 Å². The summed E-state index contributed by atoms with van der Waals surface area (Å²) in [6.45, 7) is 1.76. The molecule has 0 radical (unpaired) electrons. The van der Waals surface area contributed by atoms with Crippen LogP contribution < -0.4 is 14.8 Å². The quantitative estimate of drug-likeness (QED) is 0.889. The molecule has 120 valence electrons. The summed E-state index contributed by atoms with van der Waals surface area (Å²) in [4.78, 5) is 11.3. The van der Waals surface area contributed by atoms with E-state index in [0.717, 1.165) is 5.56 Å². The summed E-state index contributed by atoms with van der Waals surface area (Å²) in [5.74, 6) is 0.194. The molecule has 1 amide bonds. The van der Waals surface area contributed by atoms with Gasteiger partial charge in [-0.15, -0.1) is 0 Å². The number of anilines is 2. The van der Waals surface area contributed by atoms with E-state index in [1.807, 2.05) is 6.92 Å². The first-order valence-electron chi connectivity index (χ1n) is 6.71. The molecule has 0 aliphatic carbocycles. The lowest BCUT2D eigenvalue weighted by molar-refractivity contribution is -0.118. The van der Waals surface area contributed by atoms with Crippen LogP contribution >= 0.6 is 11.6 Å². The minimum atomic E-state index is -3.84. The highest BCUT2D eigenvalue weighted by Crippen LogP contribution is 2.32. The molecule has 0 saturated carbocycles. The fourth-order valence-corrected chi connectivity index (χ4v) is 3.83. The highest BCUT2D eigenvalue weighted by Gasteiger charge is 2.20. The van der Waals surface area contributed by atoms with E-state index in [0.29, 0.717) is 17.1 Å². The molecule has 6 nitrogen and oxygen atoms in total. The van der Waals surface area contributed by atoms with Gasteiger partial charge in [0, 0.05) is 0 Å². The molecule has 0 fully saturated rings. The van der Waals surface area contributed by atoms with Gasteiger partial charge >= 0.3 is 0 Å². The van der Waals surface area contributed by atoms with Crippen molar-refractivity contribution in [1.29, 1.82) is 0 Å². The molecule has 3 rings (SSSR count). The summed E-state index contributed by atoms with van der Waals surface area (Å²) in [7, 11) is -3.84. The topological polar surface area (TPSA) is 84.5 Å². The van der Waals surface area contributed by atoms with Crippen LogP contribution in [0.3, 0.4) is 0 Å². The minimum Gasteiger partial charge on any atom is -0.482 e. The standard InChI is InChI=1S/C15H13ClN2O4S/c1-9-2-5-14(11(16)6-9)23(20,21)18-10-3-4-13-12(7-10)17-15(19)8-22-13/h2-7,18H,8H2,1H3,(H,17,19). The molecule has 1 aliphatic rings. The van der Waals surface area contributed by atoms with Crippen molar-refractivity contribution in [3.8, 4) is 5.75 Å². The van der Waals surface area contributed by atoms with Crippen LogP contribution in [0.4, 0.5) is 11.4 Å². The third-order valence-corrected chi connectivity index (χ3v) is 5.11. The smallest absolute Gasteiger partial charge is 0.263 e. The first-order chi connectivity index (χ1) is 10.8. The van der Waals surface area contributed by atoms with Gasteiger partial charge in [-0.05, 0) is 42.8 Å². The van der Waals surface area contributed by atoms with Crippen molar-refractivity contribution in [2.75, 3.05) is 16.6 Å². The van der Waals surface area contributed by atoms with Gasteiger partial charge in [0.25, 0.3) is 15.9 Å². The lowest BCUT2D eigenvalue weighted by Crippen LogP contribution is -2.25. The van der Waals surface area contributed by atoms with Gasteiger partial charge in [-0.25, -0.2) is 8.42 Å². The number of aryl methyl sites for hydroxylation is 1. The molecule has 2 N–H and O–H groups in total. The Morgan fingerprint density at radius 1 is 1.22 bits per heavy atom. The fourth-order valence-electron chi connectivity index (χ4n) is 2.18. The van der Waals surface area contributed by atoms with E-state index in [4.69, 9.17) is 16.3 Å². The molecule has 0 spiro atoms. The second-order valence-corrected chi connectivity index (χ2v) is 7.15. The highest BCUT2D eigenvalue weighted by atomic mass is 35.5. The van der Waals surface area contributed by atoms with Gasteiger partial charge in [-0.1, -0.05) is 17.7 Å². The molecule has 8 heteroatoms. The number of carbonyl (C=O) groups is 1. The zero-order chi connectivity index (χ0) is 16.6. The maximum Gasteiger partial charge on any atom is 0.263 e. The number of ether oxygens (including phenoxy) is 1. The molecule has 23 heavy (non-hydrogen) atoms. The summed E-state index contributed by atoms with van der Waals surface area (Å²) < 4.78 is 32.6. The Kier molecular flexibility index (Phi) is 3.91. The van der Waals surface area contributed by atoms with E-state index in [1.165, 1.54) is 12.1 Å². The number of hydrogen-bond acceptors (Lipinski definition) is 4. The number of nitrogens with one attached hydrogen (secondary N) is 2. The van der Waals surface area contributed by atoms with E-state index in [2.05, 4.69) is 10.0 Å². The summed E-state index contributed by atoms with van der Waals surface area (Å²) in [5.41, 5.74) is 1.57. The molecule has 0 aromatic heterocycles. The molecule has 1 aliphatic heterocycles. The van der Waals surface area contributed by atoms with Gasteiger partial charge in [0.15, 0.2) is 6.61 Å². The summed E-state index contributed by atoms with van der Waals surface area (Å²) >= 11 is 6.02. The summed E-state index contributed by atoms with van der Waals surface area (Å²) in [5, 5.41) is 2.77. The highest BCUT2D eigenvalue weighted by molar-refractivity contribution is 7.92. The van der Waals surface area contributed by atoms with Gasteiger partial charge in [-0.2, -0.15) is 0 Å². The van der Waals surface area contributed by atoms with Crippen molar-refractivity contribution in [3.05, 3.63) is 47.0 Å². The van der Waals surface area contributed by atoms with Crippen molar-refractivity contribution < 1.29 is 17.9 Å². The zero-order valence-corrected chi connectivity index (χ0v) is 13.7. The van der Waals surface area contributed by atoms with Crippen LogP contribution in [-0.4, -0.2) is 20.9 Å². The number of fused-ring (bicyclic) bond motifs is 1. The average Bonchev–Trinajstić information content (AvgIpc) is 2.45. The Bertz CT molecular complexity index is 896. The molecule has 0 unspecified atom stereocenters. The van der Waals surface area contributed by atoms with Gasteiger partial charge in [0.05, 0.1) is 16.4 Å². The number of benzene rings is 2. The van der Waals surface area contributed by atoms with Crippen molar-refractivity contribution in [3.63, 3.8) is 0 Å². The van der Waals surface area contributed by atoms with E-state index >= 15 is 0 Å². The van der Waals surface area contributed by atoms with Crippen LogP contribution in [0.1, 0.15) is 5.56 Å². The normalized spacial score (nSPS) is 13.7. The first kappa shape index (κ1) is 15.6. The largest absolute Gasteiger partial charge is 0.482 e. The summed E-state index contributed by atoms with van der Waals surface area (Å²) in [6.07, 6.45) is 0. The number of rotatable bonds is 3. The third kappa shape index (κ3) is 3.25. The molecule has 0 saturated heterocycles. The van der Waals surface area contributed by atoms with Crippen LogP contribution in [0, 0.1) is 6.92 Å². The van der Waals surface area contributed by atoms with Gasteiger partial charge in [0.1, 0.15) is 10.6 Å². The van der Waals surface area contributed by atoms with Crippen LogP contribution in [0.2, 0.25) is 5.02 Å². The fraction of sp³-hybridized carbons (Fsp3) is 0.133. The molecule has 0 atom stereocenters. The SMILES string of the molecule is Cc1ccc(S(=O)(=O)Nc2ccc3c(c2)NC(=O)CO3)c(Cl)c1. The van der Waals surface area contributed by atoms with Crippen molar-refractivity contribution in [2.24, 2.45) is 0 Å². The van der Waals surface area contributed by atoms with Crippen LogP contribution in [-0.2, 0) is 14.8 Å². The Morgan fingerprint density at radius 2 is 2.00 bits per heavy atom. The van der Waals surface area contributed by atoms with Crippen LogP contribution in [0.25, 0.3) is 0 Å². The first-order valence-corrected chi connectivity index (χ1v) is 8.57. The Labute approximate surface area is 138 Å². The maximum atomic E-state index is 12.5. The molecule has 0 bridgehead atoms. The van der Waals surface area contributed by atoms with Gasteiger partial charge in [-0.3, -0.25) is 9.52 Å². The number of sulfonamides is 1.